The molecule has 0 radical (unpaired) electrons. The highest BCUT2D eigenvalue weighted by atomic mass is 32.1. The van der Waals surface area contributed by atoms with E-state index in [4.69, 9.17) is 4.74 Å². The Hall–Kier alpha value is -3.72. The van der Waals surface area contributed by atoms with E-state index in [2.05, 4.69) is 29.5 Å². The van der Waals surface area contributed by atoms with Gasteiger partial charge in [-0.1, -0.05) is 49.4 Å². The first-order valence-electron chi connectivity index (χ1n) is 12.0. The lowest BCUT2D eigenvalue weighted by molar-refractivity contribution is -0.142. The van der Waals surface area contributed by atoms with Crippen molar-refractivity contribution in [2.24, 2.45) is 5.92 Å². The van der Waals surface area contributed by atoms with E-state index in [0.29, 0.717) is 35.8 Å². The van der Waals surface area contributed by atoms with Crippen LogP contribution >= 0.6 is 11.3 Å². The summed E-state index contributed by atoms with van der Waals surface area (Å²) >= 11 is 1.55. The molecule has 8 nitrogen and oxygen atoms in total. The first-order chi connectivity index (χ1) is 17.5. The van der Waals surface area contributed by atoms with Gasteiger partial charge in [0.25, 0.3) is 0 Å². The van der Waals surface area contributed by atoms with Gasteiger partial charge in [-0.2, -0.15) is 0 Å². The van der Waals surface area contributed by atoms with Crippen molar-refractivity contribution in [1.82, 2.24) is 25.2 Å². The van der Waals surface area contributed by atoms with Crippen LogP contribution in [0.3, 0.4) is 0 Å². The van der Waals surface area contributed by atoms with Crippen molar-refractivity contribution in [3.05, 3.63) is 76.5 Å². The number of thiophene rings is 1. The molecule has 2 aromatic carbocycles. The van der Waals surface area contributed by atoms with Crippen LogP contribution < -0.4 is 10.1 Å². The maximum Gasteiger partial charge on any atom is 0.247 e. The van der Waals surface area contributed by atoms with Crippen LogP contribution in [0.2, 0.25) is 0 Å². The van der Waals surface area contributed by atoms with Crippen molar-refractivity contribution in [2.75, 3.05) is 13.7 Å². The predicted octanol–water partition coefficient (Wildman–Crippen LogP) is 4.43. The third-order valence-electron chi connectivity index (χ3n) is 5.94. The molecule has 0 unspecified atom stereocenters. The molecule has 0 aliphatic rings. The van der Waals surface area contributed by atoms with Crippen molar-refractivity contribution in [1.29, 1.82) is 0 Å². The zero-order valence-corrected chi connectivity index (χ0v) is 21.6. The normalized spacial score (nSPS) is 12.0. The molecular formula is C27H31N5O3S. The highest BCUT2D eigenvalue weighted by Gasteiger charge is 2.32. The third-order valence-corrected chi connectivity index (χ3v) is 6.81. The lowest BCUT2D eigenvalue weighted by atomic mass is 10.0. The molecule has 2 aromatic heterocycles. The minimum atomic E-state index is -0.813. The average molecular weight is 506 g/mol. The molecule has 1 N–H and O–H groups in total. The smallest absolute Gasteiger partial charge is 0.247 e. The van der Waals surface area contributed by atoms with Crippen LogP contribution in [0, 0.1) is 5.92 Å². The second-order valence-electron chi connectivity index (χ2n) is 8.99. The van der Waals surface area contributed by atoms with E-state index in [0.717, 1.165) is 16.8 Å². The highest BCUT2D eigenvalue weighted by Crippen LogP contribution is 2.27. The second kappa shape index (κ2) is 11.8. The largest absolute Gasteiger partial charge is 0.497 e. The first kappa shape index (κ1) is 25.4. The molecule has 36 heavy (non-hydrogen) atoms. The Labute approximate surface area is 214 Å². The molecule has 9 heteroatoms. The predicted molar refractivity (Wildman–Crippen MR) is 141 cm³/mol. The van der Waals surface area contributed by atoms with Gasteiger partial charge in [0.15, 0.2) is 0 Å². The number of nitrogens with one attached hydrogen (secondary N) is 1. The van der Waals surface area contributed by atoms with Crippen LogP contribution in [0.4, 0.5) is 0 Å². The Morgan fingerprint density at radius 1 is 1.08 bits per heavy atom. The molecular weight excluding hydrogens is 474 g/mol. The van der Waals surface area contributed by atoms with E-state index in [-0.39, 0.29) is 18.4 Å². The van der Waals surface area contributed by atoms with Gasteiger partial charge in [0.2, 0.25) is 11.8 Å². The number of carbonyl (C=O) groups is 2. The number of amides is 2. The molecule has 1 atom stereocenters. The SMILES string of the molecule is COc1ccc([C@H](C(=O)NCCC(C)C)N(Cc2cccs2)C(=O)Cn2nnc3ccccc32)cc1. The Kier molecular flexibility index (Phi) is 8.32. The lowest BCUT2D eigenvalue weighted by Gasteiger charge is -2.31. The number of para-hydroxylation sites is 1. The van der Waals surface area contributed by atoms with Crippen molar-refractivity contribution in [3.63, 3.8) is 0 Å². The Bertz CT molecular complexity index is 1280. The summed E-state index contributed by atoms with van der Waals surface area (Å²) in [5, 5.41) is 13.4. The molecule has 0 aliphatic carbocycles. The number of hydrogen-bond acceptors (Lipinski definition) is 6. The quantitative estimate of drug-likeness (QED) is 0.326. The number of fused-ring (bicyclic) bond motifs is 1. The molecule has 0 spiro atoms. The monoisotopic (exact) mass is 505 g/mol. The topological polar surface area (TPSA) is 89.4 Å². The zero-order chi connectivity index (χ0) is 25.5. The van der Waals surface area contributed by atoms with Gasteiger partial charge in [0.1, 0.15) is 23.9 Å². The average Bonchev–Trinajstić information content (AvgIpc) is 3.54. The standard InChI is InChI=1S/C27H31N5O3S/c1-19(2)14-15-28-27(34)26(20-10-12-21(35-3)13-11-20)31(17-22-7-6-16-36-22)25(33)18-32-24-9-5-4-8-23(24)29-30-32/h4-13,16,19,26H,14-15,17-18H2,1-3H3,(H,28,34)/t26-/m1/s1. The third kappa shape index (κ3) is 6.09. The van der Waals surface area contributed by atoms with Crippen molar-refractivity contribution in [2.45, 2.75) is 39.4 Å². The van der Waals surface area contributed by atoms with Crippen molar-refractivity contribution in [3.8, 4) is 5.75 Å². The minimum absolute atomic E-state index is 0.0299. The molecule has 2 amide bonds. The van der Waals surface area contributed by atoms with E-state index in [9.17, 15) is 9.59 Å². The summed E-state index contributed by atoms with van der Waals surface area (Å²) in [5.74, 6) is 0.699. The number of benzene rings is 2. The summed E-state index contributed by atoms with van der Waals surface area (Å²) in [4.78, 5) is 30.1. The van der Waals surface area contributed by atoms with E-state index < -0.39 is 6.04 Å². The molecule has 0 fully saturated rings. The maximum atomic E-state index is 13.8. The second-order valence-corrected chi connectivity index (χ2v) is 10.0. The fraction of sp³-hybridized carbons (Fsp3) is 0.333. The maximum absolute atomic E-state index is 13.8. The summed E-state index contributed by atoms with van der Waals surface area (Å²) in [7, 11) is 1.60. The summed E-state index contributed by atoms with van der Waals surface area (Å²) < 4.78 is 6.89. The Balaban J connectivity index is 1.69. The minimum Gasteiger partial charge on any atom is -0.497 e. The van der Waals surface area contributed by atoms with Crippen LogP contribution in [0.15, 0.2) is 66.0 Å². The summed E-state index contributed by atoms with van der Waals surface area (Å²) in [5.41, 5.74) is 2.20. The molecule has 0 aliphatic heterocycles. The van der Waals surface area contributed by atoms with Gasteiger partial charge in [-0.3, -0.25) is 9.59 Å². The first-order valence-corrected chi connectivity index (χ1v) is 12.9. The van der Waals surface area contributed by atoms with Crippen molar-refractivity contribution < 1.29 is 14.3 Å². The van der Waals surface area contributed by atoms with Gasteiger partial charge in [-0.05, 0) is 53.6 Å². The van der Waals surface area contributed by atoms with Crippen LogP contribution in [0.25, 0.3) is 11.0 Å². The van der Waals surface area contributed by atoms with Crippen molar-refractivity contribution >= 4 is 34.2 Å². The highest BCUT2D eigenvalue weighted by molar-refractivity contribution is 7.09. The van der Waals surface area contributed by atoms with Gasteiger partial charge in [-0.25, -0.2) is 4.68 Å². The molecule has 4 aromatic rings. The van der Waals surface area contributed by atoms with Gasteiger partial charge in [0.05, 0.1) is 19.2 Å². The van der Waals surface area contributed by atoms with Gasteiger partial charge < -0.3 is 15.0 Å². The molecule has 0 saturated carbocycles. The number of ether oxygens (including phenoxy) is 1. The Morgan fingerprint density at radius 3 is 2.56 bits per heavy atom. The molecule has 0 bridgehead atoms. The number of carbonyl (C=O) groups excluding carboxylic acids is 2. The number of aromatic nitrogens is 3. The van der Waals surface area contributed by atoms with Crippen LogP contribution in [-0.2, 0) is 22.7 Å². The van der Waals surface area contributed by atoms with E-state index in [1.54, 1.807) is 28.0 Å². The van der Waals surface area contributed by atoms with Gasteiger partial charge in [-0.15, -0.1) is 16.4 Å². The fourth-order valence-electron chi connectivity index (χ4n) is 3.99. The Morgan fingerprint density at radius 2 is 1.86 bits per heavy atom. The lowest BCUT2D eigenvalue weighted by Crippen LogP contribution is -2.44. The van der Waals surface area contributed by atoms with Gasteiger partial charge in [0, 0.05) is 11.4 Å². The van der Waals surface area contributed by atoms with E-state index in [1.165, 1.54) is 0 Å². The number of hydrogen-bond donors (Lipinski definition) is 1. The summed E-state index contributed by atoms with van der Waals surface area (Å²) in [6.45, 7) is 5.04. The van der Waals surface area contributed by atoms with Crippen LogP contribution in [0.1, 0.15) is 36.8 Å². The van der Waals surface area contributed by atoms with Crippen LogP contribution in [0.5, 0.6) is 5.75 Å². The number of methoxy groups -OCH3 is 1. The molecule has 2 heterocycles. The molecule has 188 valence electrons. The molecule has 4 rings (SSSR count). The van der Waals surface area contributed by atoms with E-state index in [1.807, 2.05) is 66.0 Å². The zero-order valence-electron chi connectivity index (χ0n) is 20.8. The summed E-state index contributed by atoms with van der Waals surface area (Å²) in [6, 6.07) is 17.9. The van der Waals surface area contributed by atoms with Gasteiger partial charge >= 0.3 is 0 Å². The fourth-order valence-corrected chi connectivity index (χ4v) is 4.69. The van der Waals surface area contributed by atoms with Crippen LogP contribution in [-0.4, -0.2) is 45.4 Å². The van der Waals surface area contributed by atoms with E-state index >= 15 is 0 Å². The molecule has 0 saturated heterocycles. The number of nitrogens with zero attached hydrogens (tertiary/aromatic N) is 4. The summed E-state index contributed by atoms with van der Waals surface area (Å²) in [6.07, 6.45) is 0.852. The number of rotatable bonds is 11.